The molecule has 0 saturated carbocycles. The third-order valence-corrected chi connectivity index (χ3v) is 30.0. The highest BCUT2D eigenvalue weighted by atomic mass is 32.1. The second-order valence-electron chi connectivity index (χ2n) is 25.1. The van der Waals surface area contributed by atoms with E-state index in [0.717, 1.165) is 62.5 Å². The van der Waals surface area contributed by atoms with Gasteiger partial charge in [0, 0.05) is 73.7 Å². The van der Waals surface area contributed by atoms with Gasteiger partial charge in [-0.05, 0) is 176 Å². The van der Waals surface area contributed by atoms with Crippen molar-refractivity contribution in [1.29, 1.82) is 0 Å². The summed E-state index contributed by atoms with van der Waals surface area (Å²) in [5.74, 6) is 1.88. The van der Waals surface area contributed by atoms with E-state index >= 15 is 0 Å². The Balaban J connectivity index is 0.897. The maximum Gasteiger partial charge on any atom is 0.164 e. The smallest absolute Gasteiger partial charge is 0.164 e. The maximum atomic E-state index is 6.98. The Labute approximate surface area is 591 Å². The van der Waals surface area contributed by atoms with Crippen molar-refractivity contribution in [3.05, 3.63) is 112 Å². The van der Waals surface area contributed by atoms with Crippen molar-refractivity contribution < 1.29 is 9.47 Å². The first kappa shape index (κ1) is 69.6. The number of ether oxygens (including phenoxy) is 2. The summed E-state index contributed by atoms with van der Waals surface area (Å²) >= 11 is 19.3. The fraction of sp³-hybridized carbons (Fsp3) is 0.481. The van der Waals surface area contributed by atoms with E-state index in [2.05, 4.69) is 131 Å². The van der Waals surface area contributed by atoms with Gasteiger partial charge in [-0.25, -0.2) is 4.98 Å². The lowest BCUT2D eigenvalue weighted by Crippen LogP contribution is -1.99. The molecule has 0 aliphatic heterocycles. The molecule has 11 aromatic rings. The molecule has 0 aliphatic rings. The molecule has 13 heteroatoms. The van der Waals surface area contributed by atoms with Crippen molar-refractivity contribution in [1.82, 2.24) is 4.98 Å². The first-order chi connectivity index (χ1) is 45.4. The Morgan fingerprint density at radius 3 is 1.11 bits per heavy atom. The first-order valence-corrected chi connectivity index (χ1v) is 43.6. The van der Waals surface area contributed by atoms with Gasteiger partial charge in [0.15, 0.2) is 5.75 Å². The number of aryl methyl sites for hydroxylation is 4. The minimum Gasteiger partial charge on any atom is -0.491 e. The number of hydrogen-bond donors (Lipinski definition) is 0. The highest BCUT2D eigenvalue weighted by Gasteiger charge is 2.27. The molecule has 0 spiro atoms. The molecule has 0 saturated heterocycles. The van der Waals surface area contributed by atoms with Gasteiger partial charge in [0.2, 0.25) is 0 Å². The van der Waals surface area contributed by atoms with Gasteiger partial charge in [0.1, 0.15) is 21.0 Å². The first-order valence-electron chi connectivity index (χ1n) is 35.4. The molecule has 0 fully saturated rings. The van der Waals surface area contributed by atoms with E-state index in [9.17, 15) is 0 Å². The summed E-state index contributed by atoms with van der Waals surface area (Å²) in [6.45, 7) is 15.0. The van der Waals surface area contributed by atoms with E-state index in [0.29, 0.717) is 13.2 Å². The molecule has 0 aliphatic carbocycles. The predicted molar refractivity (Wildman–Crippen MR) is 421 cm³/mol. The third-order valence-electron chi connectivity index (χ3n) is 17.7. The molecular weight excluding hydrogens is 1320 g/mol. The topological polar surface area (TPSA) is 31.4 Å². The molecule has 490 valence electrons. The van der Waals surface area contributed by atoms with Gasteiger partial charge in [-0.1, -0.05) is 170 Å². The molecule has 0 bridgehead atoms. The van der Waals surface area contributed by atoms with Gasteiger partial charge < -0.3 is 9.47 Å². The normalized spacial score (nSPS) is 11.9. The van der Waals surface area contributed by atoms with Gasteiger partial charge in [0.05, 0.1) is 22.8 Å². The quantitative estimate of drug-likeness (QED) is 0.0357. The molecular formula is C79H97NO2S10. The average Bonchev–Trinajstić information content (AvgIpc) is 1.60. The number of rotatable bonds is 42. The number of thiazole rings is 1. The van der Waals surface area contributed by atoms with Crippen LogP contribution in [-0.4, -0.2) is 18.2 Å². The molecule has 0 radical (unpaired) electrons. The SMILES string of the molecule is CCCCCCCCc1ccsc1-c1ccc(-c2ccc(-c3sc(-c4cc5c(OCCC)c6sc(-c7cc(CCCCCCCC)c(-c8ccc(-c9ccc(-c%10sccc%10CCCCCCCC)s9)s8)s7)nc6c(OCCC)c5s4)cc3CCCCCCCC)s2)s1. The predicted octanol–water partition coefficient (Wildman–Crippen LogP) is 30.5. The number of thiophene rings is 9. The Bertz CT molecular complexity index is 3670. The molecule has 3 nitrogen and oxygen atoms in total. The standard InChI is InChI=1S/C79H97NO2S10/c1-7-13-17-21-25-29-33-54-45-49-83-73(54)63-41-37-59(85-63)61-39-43-65(87-61)75-56(35-31-27-23-19-15-9-3)51-67(89-75)68-53-58-71(81-47-11-5)78-70(72(77(58)90-68)82-48-12-6)80-79(92-78)69-52-57(36-32-28-24-20-16-10-4)76(91-69)66-44-40-62(88-66)60-38-42-64(86-60)74-55(46-50-84-74)34-30-26-22-18-14-8-2/h37-46,49-53H,7-36,47-48H2,1-6H3. The fourth-order valence-corrected chi connectivity index (χ4v) is 24.1. The van der Waals surface area contributed by atoms with Crippen molar-refractivity contribution in [3.63, 3.8) is 0 Å². The van der Waals surface area contributed by atoms with Crippen molar-refractivity contribution in [3.8, 4) is 89.7 Å². The minimum absolute atomic E-state index is 0.636. The Morgan fingerprint density at radius 2 is 0.663 bits per heavy atom. The van der Waals surface area contributed by atoms with E-state index in [4.69, 9.17) is 14.5 Å². The second kappa shape index (κ2) is 36.0. The van der Waals surface area contributed by atoms with E-state index < -0.39 is 0 Å². The van der Waals surface area contributed by atoms with Crippen molar-refractivity contribution in [2.45, 2.75) is 234 Å². The van der Waals surface area contributed by atoms with Crippen LogP contribution in [0.15, 0.2) is 89.6 Å². The average molecular weight is 1410 g/mol. The van der Waals surface area contributed by atoms with E-state index in [1.54, 1.807) is 11.3 Å². The maximum absolute atomic E-state index is 6.98. The zero-order valence-electron chi connectivity index (χ0n) is 55.6. The minimum atomic E-state index is 0.636. The van der Waals surface area contributed by atoms with Crippen molar-refractivity contribution in [2.75, 3.05) is 13.2 Å². The van der Waals surface area contributed by atoms with Crippen LogP contribution in [0.5, 0.6) is 11.5 Å². The molecule has 11 rings (SSSR count). The van der Waals surface area contributed by atoms with Crippen LogP contribution in [0.1, 0.15) is 231 Å². The molecule has 92 heavy (non-hydrogen) atoms. The molecule has 0 atom stereocenters. The number of unbranched alkanes of at least 4 members (excludes halogenated alkanes) is 20. The lowest BCUT2D eigenvalue weighted by molar-refractivity contribution is 0.320. The molecule has 0 unspecified atom stereocenters. The van der Waals surface area contributed by atoms with Crippen LogP contribution in [0.2, 0.25) is 0 Å². The van der Waals surface area contributed by atoms with Crippen LogP contribution in [0, 0.1) is 0 Å². The number of fused-ring (bicyclic) bond motifs is 2. The van der Waals surface area contributed by atoms with Crippen LogP contribution >= 0.6 is 113 Å². The van der Waals surface area contributed by atoms with E-state index in [-0.39, 0.29) is 0 Å². The van der Waals surface area contributed by atoms with Gasteiger partial charge >= 0.3 is 0 Å². The lowest BCUT2D eigenvalue weighted by atomic mass is 10.0. The Morgan fingerprint density at radius 1 is 0.293 bits per heavy atom. The summed E-state index contributed by atoms with van der Waals surface area (Å²) in [6.07, 6.45) is 37.9. The molecule has 0 N–H and O–H groups in total. The molecule has 10 aromatic heterocycles. The largest absolute Gasteiger partial charge is 0.491 e. The summed E-state index contributed by atoms with van der Waals surface area (Å²) in [7, 11) is 0. The Hall–Kier alpha value is -3.73. The number of benzene rings is 1. The molecule has 0 amide bonds. The van der Waals surface area contributed by atoms with Crippen LogP contribution in [0.3, 0.4) is 0 Å². The monoisotopic (exact) mass is 1410 g/mol. The van der Waals surface area contributed by atoms with Crippen LogP contribution in [-0.2, 0) is 25.7 Å². The summed E-state index contributed by atoms with van der Waals surface area (Å²) in [5.41, 5.74) is 6.94. The highest BCUT2D eigenvalue weighted by molar-refractivity contribution is 7.32. The molecule has 10 heterocycles. The zero-order chi connectivity index (χ0) is 63.4. The fourth-order valence-electron chi connectivity index (χ4n) is 12.6. The van der Waals surface area contributed by atoms with Crippen LogP contribution in [0.4, 0.5) is 0 Å². The number of hydrogen-bond acceptors (Lipinski definition) is 13. The van der Waals surface area contributed by atoms with Gasteiger partial charge in [-0.2, -0.15) is 0 Å². The van der Waals surface area contributed by atoms with Gasteiger partial charge in [-0.15, -0.1) is 113 Å². The van der Waals surface area contributed by atoms with E-state index in [1.807, 2.05) is 102 Å². The summed E-state index contributed by atoms with van der Waals surface area (Å²) < 4.78 is 16.2. The van der Waals surface area contributed by atoms with Crippen molar-refractivity contribution in [2.24, 2.45) is 0 Å². The van der Waals surface area contributed by atoms with Gasteiger partial charge in [-0.3, -0.25) is 0 Å². The summed E-state index contributed by atoms with van der Waals surface area (Å²) in [6, 6.07) is 31.3. The van der Waals surface area contributed by atoms with Gasteiger partial charge in [0.25, 0.3) is 0 Å². The highest BCUT2D eigenvalue weighted by Crippen LogP contribution is 2.55. The Kier molecular flexibility index (Phi) is 27.3. The lowest BCUT2D eigenvalue weighted by Gasteiger charge is -2.12. The molecule has 1 aromatic carbocycles. The summed E-state index contributed by atoms with van der Waals surface area (Å²) in [5, 5.41) is 6.82. The van der Waals surface area contributed by atoms with Crippen LogP contribution in [0.25, 0.3) is 98.5 Å². The third kappa shape index (κ3) is 17.7. The zero-order valence-corrected chi connectivity index (χ0v) is 63.8. The summed E-state index contributed by atoms with van der Waals surface area (Å²) in [4.78, 5) is 26.3. The number of nitrogens with zero attached hydrogens (tertiary/aromatic N) is 1. The van der Waals surface area contributed by atoms with E-state index in [1.165, 1.54) is 262 Å². The second-order valence-corrected chi connectivity index (χ2v) is 35.4. The number of aromatic nitrogens is 1. The van der Waals surface area contributed by atoms with Crippen molar-refractivity contribution >= 4 is 134 Å². The van der Waals surface area contributed by atoms with Crippen LogP contribution < -0.4 is 9.47 Å².